The molecule has 1 fully saturated rings. The molecule has 2 N–H and O–H groups in total. The van der Waals surface area contributed by atoms with Crippen LogP contribution in [0.15, 0.2) is 36.0 Å². The highest BCUT2D eigenvalue weighted by atomic mass is 32.1. The lowest BCUT2D eigenvalue weighted by atomic mass is 10.1. The third kappa shape index (κ3) is 3.21. The third-order valence-corrected chi connectivity index (χ3v) is 5.26. The summed E-state index contributed by atoms with van der Waals surface area (Å²) in [6, 6.07) is 5.72. The van der Waals surface area contributed by atoms with E-state index < -0.39 is 5.91 Å². The quantitative estimate of drug-likeness (QED) is 0.761. The van der Waals surface area contributed by atoms with Gasteiger partial charge in [0.25, 0.3) is 0 Å². The minimum atomic E-state index is -0.452. The molecular formula is C18H19N5O2S. The number of nitrogens with two attached hydrogens (primary N) is 1. The number of aromatic nitrogens is 3. The van der Waals surface area contributed by atoms with Gasteiger partial charge in [0, 0.05) is 54.1 Å². The highest BCUT2D eigenvalue weighted by Crippen LogP contribution is 2.33. The van der Waals surface area contributed by atoms with Crippen LogP contribution in [0.5, 0.6) is 0 Å². The maximum Gasteiger partial charge on any atom is 0.249 e. The molecule has 2 aromatic heterocycles. The molecule has 7 nitrogen and oxygen atoms in total. The topological polar surface area (TPSA) is 86.3 Å². The molecule has 1 aliphatic rings. The maximum atomic E-state index is 11.9. The number of ether oxygens (including phenoxy) is 1. The van der Waals surface area contributed by atoms with Crippen LogP contribution in [0.1, 0.15) is 10.4 Å². The Labute approximate surface area is 155 Å². The highest BCUT2D eigenvalue weighted by Gasteiger charge is 2.18. The summed E-state index contributed by atoms with van der Waals surface area (Å²) >= 11 is 1.49. The average molecular weight is 369 g/mol. The van der Waals surface area contributed by atoms with Gasteiger partial charge in [-0.2, -0.15) is 5.10 Å². The molecular weight excluding hydrogens is 350 g/mol. The minimum absolute atomic E-state index is 0.452. The van der Waals surface area contributed by atoms with E-state index in [4.69, 9.17) is 15.5 Å². The van der Waals surface area contributed by atoms with Gasteiger partial charge in [0.2, 0.25) is 5.91 Å². The number of benzene rings is 1. The lowest BCUT2D eigenvalue weighted by molar-refractivity contribution is 0.100. The smallest absolute Gasteiger partial charge is 0.249 e. The molecule has 0 atom stereocenters. The van der Waals surface area contributed by atoms with Crippen molar-refractivity contribution in [3.05, 3.63) is 41.5 Å². The minimum Gasteiger partial charge on any atom is -0.378 e. The Morgan fingerprint density at radius 1 is 1.31 bits per heavy atom. The lowest BCUT2D eigenvalue weighted by Crippen LogP contribution is -2.36. The zero-order valence-electron chi connectivity index (χ0n) is 14.4. The molecule has 0 bridgehead atoms. The van der Waals surface area contributed by atoms with Crippen molar-refractivity contribution in [1.29, 1.82) is 0 Å². The van der Waals surface area contributed by atoms with Crippen molar-refractivity contribution in [2.75, 3.05) is 31.2 Å². The number of rotatable bonds is 4. The Kier molecular flexibility index (Phi) is 4.44. The van der Waals surface area contributed by atoms with Crippen molar-refractivity contribution < 1.29 is 9.53 Å². The van der Waals surface area contributed by atoms with E-state index in [0.29, 0.717) is 18.8 Å². The maximum absolute atomic E-state index is 11.9. The van der Waals surface area contributed by atoms with Gasteiger partial charge in [-0.25, -0.2) is 4.98 Å². The van der Waals surface area contributed by atoms with Gasteiger partial charge in [-0.3, -0.25) is 9.48 Å². The first-order valence-corrected chi connectivity index (χ1v) is 9.21. The number of hydrogen-bond acceptors (Lipinski definition) is 6. The monoisotopic (exact) mass is 369 g/mol. The largest absolute Gasteiger partial charge is 0.378 e. The fraction of sp³-hybridized carbons (Fsp3) is 0.278. The molecule has 1 aromatic carbocycles. The van der Waals surface area contributed by atoms with Crippen LogP contribution in [-0.4, -0.2) is 47.0 Å². The van der Waals surface area contributed by atoms with Crippen LogP contribution in [0.2, 0.25) is 0 Å². The first-order chi connectivity index (χ1) is 12.6. The van der Waals surface area contributed by atoms with E-state index in [1.165, 1.54) is 11.3 Å². The van der Waals surface area contributed by atoms with Gasteiger partial charge in [0.05, 0.1) is 25.1 Å². The molecule has 1 amide bonds. The number of thiazole rings is 1. The van der Waals surface area contributed by atoms with Gasteiger partial charge in [0.1, 0.15) is 5.01 Å². The summed E-state index contributed by atoms with van der Waals surface area (Å²) in [4.78, 5) is 18.9. The first kappa shape index (κ1) is 16.7. The molecule has 0 spiro atoms. The van der Waals surface area contributed by atoms with Crippen LogP contribution in [0, 0.1) is 0 Å². The second kappa shape index (κ2) is 6.89. The SMILES string of the molecule is Cn1cc(-c2csc(-c3cc(N4CCOCC4)ccc3C(N)=O)n2)cn1. The van der Waals surface area contributed by atoms with E-state index in [9.17, 15) is 4.79 Å². The summed E-state index contributed by atoms with van der Waals surface area (Å²) in [6.07, 6.45) is 3.69. The number of carbonyl (C=O) groups excluding carboxylic acids is 1. The predicted molar refractivity (Wildman–Crippen MR) is 101 cm³/mol. The van der Waals surface area contributed by atoms with E-state index in [1.54, 1.807) is 16.9 Å². The van der Waals surface area contributed by atoms with Crippen molar-refractivity contribution in [3.63, 3.8) is 0 Å². The van der Waals surface area contributed by atoms with E-state index in [0.717, 1.165) is 40.6 Å². The Hall–Kier alpha value is -2.71. The van der Waals surface area contributed by atoms with Crippen molar-refractivity contribution in [3.8, 4) is 21.8 Å². The molecule has 1 saturated heterocycles. The zero-order chi connectivity index (χ0) is 18.1. The van der Waals surface area contributed by atoms with Gasteiger partial charge >= 0.3 is 0 Å². The van der Waals surface area contributed by atoms with Crippen LogP contribution in [0.25, 0.3) is 21.8 Å². The van der Waals surface area contributed by atoms with Crippen LogP contribution < -0.4 is 10.6 Å². The number of hydrogen-bond donors (Lipinski definition) is 1. The van der Waals surface area contributed by atoms with Crippen LogP contribution in [0.4, 0.5) is 5.69 Å². The molecule has 3 heterocycles. The van der Waals surface area contributed by atoms with Gasteiger partial charge in [-0.15, -0.1) is 11.3 Å². The molecule has 26 heavy (non-hydrogen) atoms. The summed E-state index contributed by atoms with van der Waals surface area (Å²) < 4.78 is 7.16. The fourth-order valence-corrected chi connectivity index (χ4v) is 3.88. The molecule has 0 radical (unpaired) electrons. The summed E-state index contributed by atoms with van der Waals surface area (Å²) in [6.45, 7) is 3.06. The summed E-state index contributed by atoms with van der Waals surface area (Å²) in [5.41, 5.74) is 9.67. The molecule has 134 valence electrons. The van der Waals surface area contributed by atoms with Crippen LogP contribution >= 0.6 is 11.3 Å². The predicted octanol–water partition coefficient (Wildman–Crippen LogP) is 2.15. The molecule has 3 aromatic rings. The molecule has 4 rings (SSSR count). The molecule has 1 aliphatic heterocycles. The van der Waals surface area contributed by atoms with Crippen LogP contribution in [0.3, 0.4) is 0 Å². The summed E-state index contributed by atoms with van der Waals surface area (Å²) in [7, 11) is 1.87. The van der Waals surface area contributed by atoms with Gasteiger partial charge < -0.3 is 15.4 Å². The molecule has 0 saturated carbocycles. The number of primary amides is 1. The zero-order valence-corrected chi connectivity index (χ0v) is 15.2. The molecule has 0 aliphatic carbocycles. The van der Waals surface area contributed by atoms with Gasteiger partial charge in [-0.1, -0.05) is 0 Å². The van der Waals surface area contributed by atoms with Gasteiger partial charge in [0.15, 0.2) is 0 Å². The molecule has 0 unspecified atom stereocenters. The van der Waals surface area contributed by atoms with Crippen molar-refractivity contribution >= 4 is 22.9 Å². The second-order valence-electron chi connectivity index (χ2n) is 6.13. The summed E-state index contributed by atoms with van der Waals surface area (Å²) in [5.74, 6) is -0.452. The Morgan fingerprint density at radius 2 is 2.12 bits per heavy atom. The first-order valence-electron chi connectivity index (χ1n) is 8.33. The third-order valence-electron chi connectivity index (χ3n) is 4.38. The van der Waals surface area contributed by atoms with Crippen molar-refractivity contribution in [2.45, 2.75) is 0 Å². The average Bonchev–Trinajstić information content (AvgIpc) is 3.31. The Balaban J connectivity index is 1.74. The second-order valence-corrected chi connectivity index (χ2v) is 6.99. The Bertz CT molecular complexity index is 943. The normalized spacial score (nSPS) is 14.6. The number of nitrogens with zero attached hydrogens (tertiary/aromatic N) is 4. The fourth-order valence-electron chi connectivity index (χ4n) is 3.03. The highest BCUT2D eigenvalue weighted by molar-refractivity contribution is 7.13. The standard InChI is InChI=1S/C18H19N5O2S/c1-22-10-12(9-20-22)16-11-26-18(21-16)15-8-13(2-3-14(15)17(19)24)23-4-6-25-7-5-23/h2-3,8-11H,4-7H2,1H3,(H2,19,24). The number of amides is 1. The van der Waals surface area contributed by atoms with Crippen LogP contribution in [-0.2, 0) is 11.8 Å². The summed E-state index contributed by atoms with van der Waals surface area (Å²) in [5, 5.41) is 6.93. The number of carbonyl (C=O) groups is 1. The van der Waals surface area contributed by atoms with Gasteiger partial charge in [-0.05, 0) is 18.2 Å². The number of morpholine rings is 1. The number of anilines is 1. The lowest BCUT2D eigenvalue weighted by Gasteiger charge is -2.29. The van der Waals surface area contributed by atoms with E-state index in [1.807, 2.05) is 30.8 Å². The van der Waals surface area contributed by atoms with E-state index in [-0.39, 0.29) is 0 Å². The van der Waals surface area contributed by atoms with Crippen molar-refractivity contribution in [1.82, 2.24) is 14.8 Å². The Morgan fingerprint density at radius 3 is 2.81 bits per heavy atom. The molecule has 8 heteroatoms. The number of aryl methyl sites for hydroxylation is 1. The van der Waals surface area contributed by atoms with E-state index >= 15 is 0 Å². The van der Waals surface area contributed by atoms with E-state index in [2.05, 4.69) is 10.00 Å². The van der Waals surface area contributed by atoms with Crippen molar-refractivity contribution in [2.24, 2.45) is 12.8 Å².